The van der Waals surface area contributed by atoms with Gasteiger partial charge < -0.3 is 10.6 Å². The van der Waals surface area contributed by atoms with Crippen molar-refractivity contribution in [1.82, 2.24) is 10.3 Å². The normalized spacial score (nSPS) is 10.4. The largest absolute Gasteiger partial charge is 0.354 e. The number of halogens is 2. The lowest BCUT2D eigenvalue weighted by atomic mass is 10.1. The van der Waals surface area contributed by atoms with Gasteiger partial charge in [-0.1, -0.05) is 23.7 Å². The van der Waals surface area contributed by atoms with Crippen molar-refractivity contribution in [2.75, 3.05) is 11.9 Å². The van der Waals surface area contributed by atoms with Gasteiger partial charge in [0.1, 0.15) is 5.82 Å². The second-order valence-corrected chi connectivity index (χ2v) is 6.16. The van der Waals surface area contributed by atoms with Gasteiger partial charge in [-0.25, -0.2) is 4.39 Å². The molecule has 0 saturated heterocycles. The van der Waals surface area contributed by atoms with E-state index in [1.807, 2.05) is 12.1 Å². The molecule has 0 saturated carbocycles. The number of amides is 1. The van der Waals surface area contributed by atoms with Crippen LogP contribution in [-0.4, -0.2) is 17.4 Å². The molecule has 2 aromatic carbocycles. The summed E-state index contributed by atoms with van der Waals surface area (Å²) in [6.45, 7) is 0.458. The van der Waals surface area contributed by atoms with E-state index in [-0.39, 0.29) is 11.7 Å². The van der Waals surface area contributed by atoms with Gasteiger partial charge in [0.2, 0.25) is 0 Å². The summed E-state index contributed by atoms with van der Waals surface area (Å²) >= 11 is 5.87. The molecule has 3 rings (SSSR count). The molecular weight excluding hydrogens is 353 g/mol. The molecule has 0 fully saturated rings. The van der Waals surface area contributed by atoms with Crippen LogP contribution in [0.4, 0.5) is 15.8 Å². The lowest BCUT2D eigenvalue weighted by Crippen LogP contribution is -2.25. The average Bonchev–Trinajstić information content (AvgIpc) is 2.65. The standard InChI is InChI=1S/C20H17ClFN3O/c21-16-3-7-18(8-4-16)25-19-11-15(12-23-13-19)20(26)24-10-9-14-1-5-17(22)6-2-14/h1-8,11-13,25H,9-10H2,(H,24,26). The van der Waals surface area contributed by atoms with E-state index < -0.39 is 0 Å². The van der Waals surface area contributed by atoms with E-state index >= 15 is 0 Å². The molecule has 3 aromatic rings. The van der Waals surface area contributed by atoms with E-state index in [9.17, 15) is 9.18 Å². The fourth-order valence-corrected chi connectivity index (χ4v) is 2.53. The highest BCUT2D eigenvalue weighted by Gasteiger charge is 2.07. The van der Waals surface area contributed by atoms with Crippen LogP contribution in [0.3, 0.4) is 0 Å². The third kappa shape index (κ3) is 5.04. The zero-order valence-corrected chi connectivity index (χ0v) is 14.6. The molecule has 0 aliphatic rings. The molecule has 26 heavy (non-hydrogen) atoms. The zero-order valence-electron chi connectivity index (χ0n) is 13.9. The van der Waals surface area contributed by atoms with Crippen molar-refractivity contribution in [3.8, 4) is 0 Å². The Kier molecular flexibility index (Phi) is 5.81. The first-order valence-corrected chi connectivity index (χ1v) is 8.48. The Morgan fingerprint density at radius 2 is 1.73 bits per heavy atom. The minimum absolute atomic E-state index is 0.209. The van der Waals surface area contributed by atoms with Gasteiger partial charge in [0.05, 0.1) is 17.4 Å². The number of carbonyl (C=O) groups excluding carboxylic acids is 1. The van der Waals surface area contributed by atoms with Crippen LogP contribution in [0.2, 0.25) is 5.02 Å². The lowest BCUT2D eigenvalue weighted by molar-refractivity contribution is 0.0954. The predicted octanol–water partition coefficient (Wildman–Crippen LogP) is 4.59. The van der Waals surface area contributed by atoms with E-state index in [2.05, 4.69) is 15.6 Å². The van der Waals surface area contributed by atoms with Crippen molar-refractivity contribution in [2.24, 2.45) is 0 Å². The second-order valence-electron chi connectivity index (χ2n) is 5.73. The summed E-state index contributed by atoms with van der Waals surface area (Å²) in [5, 5.41) is 6.68. The molecule has 0 radical (unpaired) electrons. The summed E-state index contributed by atoms with van der Waals surface area (Å²) in [5.74, 6) is -0.478. The molecule has 6 heteroatoms. The van der Waals surface area contributed by atoms with E-state index in [1.54, 1.807) is 36.5 Å². The fraction of sp³-hybridized carbons (Fsp3) is 0.100. The van der Waals surface area contributed by atoms with Gasteiger partial charge in [-0.05, 0) is 54.4 Å². The van der Waals surface area contributed by atoms with Crippen LogP contribution in [0, 0.1) is 5.82 Å². The molecule has 0 bridgehead atoms. The van der Waals surface area contributed by atoms with Crippen molar-refractivity contribution in [3.63, 3.8) is 0 Å². The fourth-order valence-electron chi connectivity index (χ4n) is 2.41. The van der Waals surface area contributed by atoms with Gasteiger partial charge in [-0.2, -0.15) is 0 Å². The quantitative estimate of drug-likeness (QED) is 0.668. The van der Waals surface area contributed by atoms with Crippen molar-refractivity contribution in [3.05, 3.63) is 89.0 Å². The predicted molar refractivity (Wildman–Crippen MR) is 101 cm³/mol. The van der Waals surface area contributed by atoms with Crippen LogP contribution in [0.5, 0.6) is 0 Å². The minimum Gasteiger partial charge on any atom is -0.354 e. The number of nitrogens with zero attached hydrogens (tertiary/aromatic N) is 1. The van der Waals surface area contributed by atoms with Crippen molar-refractivity contribution in [1.29, 1.82) is 0 Å². The third-order valence-electron chi connectivity index (χ3n) is 3.75. The van der Waals surface area contributed by atoms with Gasteiger partial charge >= 0.3 is 0 Å². The van der Waals surface area contributed by atoms with Gasteiger partial charge in [-0.15, -0.1) is 0 Å². The van der Waals surface area contributed by atoms with Crippen LogP contribution in [0.15, 0.2) is 67.0 Å². The van der Waals surface area contributed by atoms with E-state index in [0.29, 0.717) is 29.2 Å². The van der Waals surface area contributed by atoms with Crippen LogP contribution < -0.4 is 10.6 Å². The maximum atomic E-state index is 12.9. The number of anilines is 2. The smallest absolute Gasteiger partial charge is 0.252 e. The number of hydrogen-bond acceptors (Lipinski definition) is 3. The van der Waals surface area contributed by atoms with Crippen molar-refractivity contribution >= 4 is 28.9 Å². The second kappa shape index (κ2) is 8.45. The first-order valence-electron chi connectivity index (χ1n) is 8.10. The molecule has 1 heterocycles. The first-order chi connectivity index (χ1) is 12.6. The topological polar surface area (TPSA) is 54.0 Å². The number of hydrogen-bond donors (Lipinski definition) is 2. The molecule has 1 amide bonds. The summed E-state index contributed by atoms with van der Waals surface area (Å²) in [6.07, 6.45) is 3.78. The molecule has 4 nitrogen and oxygen atoms in total. The maximum Gasteiger partial charge on any atom is 0.252 e. The molecule has 0 aliphatic carbocycles. The summed E-state index contributed by atoms with van der Waals surface area (Å²) in [5.41, 5.74) is 2.98. The van der Waals surface area contributed by atoms with Gasteiger partial charge in [0, 0.05) is 23.5 Å². The molecule has 0 spiro atoms. The number of rotatable bonds is 6. The lowest BCUT2D eigenvalue weighted by Gasteiger charge is -2.09. The summed E-state index contributed by atoms with van der Waals surface area (Å²) < 4.78 is 12.9. The van der Waals surface area contributed by atoms with E-state index in [0.717, 1.165) is 11.3 Å². The Morgan fingerprint density at radius 3 is 2.46 bits per heavy atom. The van der Waals surface area contributed by atoms with Gasteiger partial charge in [0.15, 0.2) is 0 Å². The van der Waals surface area contributed by atoms with Crippen molar-refractivity contribution in [2.45, 2.75) is 6.42 Å². The molecule has 2 N–H and O–H groups in total. The summed E-state index contributed by atoms with van der Waals surface area (Å²) in [7, 11) is 0. The molecule has 0 unspecified atom stereocenters. The maximum absolute atomic E-state index is 12.9. The van der Waals surface area contributed by atoms with Crippen LogP contribution in [0.1, 0.15) is 15.9 Å². The number of nitrogens with one attached hydrogen (secondary N) is 2. The zero-order chi connectivity index (χ0) is 18.4. The van der Waals surface area contributed by atoms with E-state index in [1.165, 1.54) is 18.3 Å². The average molecular weight is 370 g/mol. The van der Waals surface area contributed by atoms with Gasteiger partial charge in [-0.3, -0.25) is 9.78 Å². The molecule has 0 atom stereocenters. The number of pyridine rings is 1. The first kappa shape index (κ1) is 17.9. The highest BCUT2D eigenvalue weighted by molar-refractivity contribution is 6.30. The number of benzene rings is 2. The minimum atomic E-state index is -0.270. The number of aromatic nitrogens is 1. The van der Waals surface area contributed by atoms with E-state index in [4.69, 9.17) is 11.6 Å². The monoisotopic (exact) mass is 369 g/mol. The van der Waals surface area contributed by atoms with Gasteiger partial charge in [0.25, 0.3) is 5.91 Å². The Hall–Kier alpha value is -2.92. The van der Waals surface area contributed by atoms with Crippen molar-refractivity contribution < 1.29 is 9.18 Å². The third-order valence-corrected chi connectivity index (χ3v) is 4.00. The van der Waals surface area contributed by atoms with Crippen LogP contribution >= 0.6 is 11.6 Å². The molecule has 132 valence electrons. The molecule has 0 aliphatic heterocycles. The number of carbonyl (C=O) groups is 1. The summed E-state index contributed by atoms with van der Waals surface area (Å²) in [4.78, 5) is 16.4. The summed E-state index contributed by atoms with van der Waals surface area (Å²) in [6, 6.07) is 15.2. The van der Waals surface area contributed by atoms with Crippen LogP contribution in [-0.2, 0) is 6.42 Å². The Labute approximate surface area is 156 Å². The SMILES string of the molecule is O=C(NCCc1ccc(F)cc1)c1cncc(Nc2ccc(Cl)cc2)c1. The Morgan fingerprint density at radius 1 is 1.00 bits per heavy atom. The van der Waals surface area contributed by atoms with Crippen LogP contribution in [0.25, 0.3) is 0 Å². The molecular formula is C20H17ClFN3O. The Balaban J connectivity index is 1.57. The highest BCUT2D eigenvalue weighted by atomic mass is 35.5. The highest BCUT2D eigenvalue weighted by Crippen LogP contribution is 2.19. The molecule has 1 aromatic heterocycles. The Bertz CT molecular complexity index is 882.